The van der Waals surface area contributed by atoms with Crippen LogP contribution in [0, 0.1) is 5.82 Å². The highest BCUT2D eigenvalue weighted by Gasteiger charge is 2.18. The number of rotatable bonds is 7. The Morgan fingerprint density at radius 2 is 2.00 bits per heavy atom. The van der Waals surface area contributed by atoms with E-state index in [0.717, 1.165) is 12.1 Å². The summed E-state index contributed by atoms with van der Waals surface area (Å²) in [5, 5.41) is 18.1. The molecule has 1 aromatic rings. The number of benzene rings is 1. The summed E-state index contributed by atoms with van der Waals surface area (Å²) in [6.07, 6.45) is 0.517. The van der Waals surface area contributed by atoms with Crippen LogP contribution in [0.4, 0.5) is 4.39 Å². The Kier molecular flexibility index (Phi) is 5.77. The summed E-state index contributed by atoms with van der Waals surface area (Å²) in [7, 11) is -4.99. The average molecular weight is 290 g/mol. The van der Waals surface area contributed by atoms with Crippen LogP contribution < -0.4 is 10.2 Å². The zero-order valence-corrected chi connectivity index (χ0v) is 11.4. The van der Waals surface area contributed by atoms with E-state index in [1.165, 1.54) is 6.07 Å². The van der Waals surface area contributed by atoms with Crippen molar-refractivity contribution >= 4 is 22.4 Å². The lowest BCUT2D eigenvalue weighted by molar-refractivity contribution is 0.338. The van der Waals surface area contributed by atoms with Gasteiger partial charge in [0.2, 0.25) is 0 Å². The normalized spacial score (nSPS) is 11.4. The van der Waals surface area contributed by atoms with Crippen LogP contribution in [-0.2, 0) is 9.84 Å². The van der Waals surface area contributed by atoms with E-state index in [0.29, 0.717) is 6.42 Å². The van der Waals surface area contributed by atoms with E-state index in [9.17, 15) is 12.8 Å². The first-order valence-electron chi connectivity index (χ1n) is 5.84. The van der Waals surface area contributed by atoms with Gasteiger partial charge in [-0.05, 0) is 12.5 Å². The maximum Gasteiger partial charge on any atom is 0.492 e. The number of hydrogen-bond acceptors (Lipinski definition) is 5. The Morgan fingerprint density at radius 3 is 2.58 bits per heavy atom. The minimum atomic E-state index is -3.19. The second kappa shape index (κ2) is 6.88. The quantitative estimate of drug-likeness (QED) is 0.674. The molecule has 0 saturated heterocycles. The van der Waals surface area contributed by atoms with Crippen molar-refractivity contribution in [2.75, 3.05) is 18.1 Å². The van der Waals surface area contributed by atoms with Crippen molar-refractivity contribution in [2.24, 2.45) is 0 Å². The molecule has 0 atom stereocenters. The summed E-state index contributed by atoms with van der Waals surface area (Å²) in [5.74, 6) is -0.801. The van der Waals surface area contributed by atoms with Gasteiger partial charge in [-0.15, -0.1) is 0 Å². The van der Waals surface area contributed by atoms with E-state index in [1.807, 2.05) is 0 Å². The predicted molar refractivity (Wildman–Crippen MR) is 70.7 cm³/mol. The SMILES string of the molecule is CCCS(=O)(=O)CCOc1cc(F)ccc1B(O)O. The van der Waals surface area contributed by atoms with E-state index in [1.54, 1.807) is 6.92 Å². The number of halogens is 1. The Bertz CT molecular complexity index is 518. The molecule has 0 aliphatic carbocycles. The Hall–Kier alpha value is -1.12. The van der Waals surface area contributed by atoms with Gasteiger partial charge in [0.1, 0.15) is 18.2 Å². The third-order valence-electron chi connectivity index (χ3n) is 2.42. The maximum absolute atomic E-state index is 13.0. The first-order valence-corrected chi connectivity index (χ1v) is 7.66. The molecule has 0 heterocycles. The van der Waals surface area contributed by atoms with E-state index in [4.69, 9.17) is 14.8 Å². The molecular formula is C11H16BFO5S. The first-order chi connectivity index (χ1) is 8.85. The largest absolute Gasteiger partial charge is 0.493 e. The summed E-state index contributed by atoms with van der Waals surface area (Å²) < 4.78 is 41.1. The highest BCUT2D eigenvalue weighted by molar-refractivity contribution is 7.91. The second-order valence-electron chi connectivity index (χ2n) is 4.06. The Balaban J connectivity index is 2.70. The average Bonchev–Trinajstić information content (AvgIpc) is 2.28. The van der Waals surface area contributed by atoms with Gasteiger partial charge in [-0.25, -0.2) is 12.8 Å². The molecule has 8 heteroatoms. The Labute approximate surface area is 112 Å². The molecule has 0 bridgehead atoms. The lowest BCUT2D eigenvalue weighted by atomic mass is 9.79. The summed E-state index contributed by atoms with van der Waals surface area (Å²) in [4.78, 5) is 0. The molecule has 5 nitrogen and oxygen atoms in total. The molecule has 1 aromatic carbocycles. The molecule has 0 aromatic heterocycles. The van der Waals surface area contributed by atoms with Crippen LogP contribution in [0.25, 0.3) is 0 Å². The van der Waals surface area contributed by atoms with Gasteiger partial charge in [-0.2, -0.15) is 0 Å². The standard InChI is InChI=1S/C11H16BFO5S/c1-2-6-19(16,17)7-5-18-11-8-9(13)3-4-10(11)12(14)15/h3-4,8,14-15H,2,5-7H2,1H3. The van der Waals surface area contributed by atoms with E-state index >= 15 is 0 Å². The molecule has 0 unspecified atom stereocenters. The van der Waals surface area contributed by atoms with Gasteiger partial charge >= 0.3 is 7.12 Å². The zero-order valence-electron chi connectivity index (χ0n) is 10.5. The molecule has 0 amide bonds. The van der Waals surface area contributed by atoms with Crippen molar-refractivity contribution in [3.8, 4) is 5.75 Å². The van der Waals surface area contributed by atoms with Crippen LogP contribution in [0.3, 0.4) is 0 Å². The van der Waals surface area contributed by atoms with Crippen LogP contribution >= 0.6 is 0 Å². The zero-order chi connectivity index (χ0) is 14.5. The summed E-state index contributed by atoms with van der Waals surface area (Å²) in [6, 6.07) is 3.23. The van der Waals surface area contributed by atoms with Gasteiger partial charge in [0.25, 0.3) is 0 Å². The fourth-order valence-corrected chi connectivity index (χ4v) is 2.70. The smallest absolute Gasteiger partial charge is 0.492 e. The molecule has 0 fully saturated rings. The van der Waals surface area contributed by atoms with Crippen molar-refractivity contribution in [2.45, 2.75) is 13.3 Å². The highest BCUT2D eigenvalue weighted by Crippen LogP contribution is 2.11. The lowest BCUT2D eigenvalue weighted by Gasteiger charge is -2.11. The molecule has 19 heavy (non-hydrogen) atoms. The van der Waals surface area contributed by atoms with Gasteiger partial charge in [0.15, 0.2) is 9.84 Å². The molecule has 0 saturated carbocycles. The van der Waals surface area contributed by atoms with Gasteiger partial charge in [0.05, 0.1) is 11.5 Å². The molecule has 0 spiro atoms. The molecule has 0 aliphatic heterocycles. The van der Waals surface area contributed by atoms with Crippen molar-refractivity contribution in [1.82, 2.24) is 0 Å². The van der Waals surface area contributed by atoms with Crippen LogP contribution in [0.2, 0.25) is 0 Å². The first kappa shape index (κ1) is 15.9. The van der Waals surface area contributed by atoms with Gasteiger partial charge in [-0.1, -0.05) is 13.0 Å². The Morgan fingerprint density at radius 1 is 1.32 bits per heavy atom. The highest BCUT2D eigenvalue weighted by atomic mass is 32.2. The van der Waals surface area contributed by atoms with Gasteiger partial charge < -0.3 is 14.8 Å². The number of sulfone groups is 1. The van der Waals surface area contributed by atoms with Crippen LogP contribution in [0.1, 0.15) is 13.3 Å². The molecule has 0 aliphatic rings. The van der Waals surface area contributed by atoms with Crippen molar-refractivity contribution in [3.05, 3.63) is 24.0 Å². The van der Waals surface area contributed by atoms with Crippen molar-refractivity contribution in [1.29, 1.82) is 0 Å². The second-order valence-corrected chi connectivity index (χ2v) is 6.36. The fourth-order valence-electron chi connectivity index (χ4n) is 1.54. The van der Waals surface area contributed by atoms with E-state index in [2.05, 4.69) is 0 Å². The monoisotopic (exact) mass is 290 g/mol. The number of hydrogen-bond donors (Lipinski definition) is 2. The fraction of sp³-hybridized carbons (Fsp3) is 0.455. The molecule has 1 rings (SSSR count). The minimum absolute atomic E-state index is 0.00529. The summed E-state index contributed by atoms with van der Waals surface area (Å²) in [5.41, 5.74) is -0.00529. The van der Waals surface area contributed by atoms with Crippen molar-refractivity contribution in [3.63, 3.8) is 0 Å². The van der Waals surface area contributed by atoms with Gasteiger partial charge in [-0.3, -0.25) is 0 Å². The van der Waals surface area contributed by atoms with Crippen LogP contribution in [-0.4, -0.2) is 43.7 Å². The maximum atomic E-state index is 13.0. The minimum Gasteiger partial charge on any atom is -0.493 e. The topological polar surface area (TPSA) is 83.8 Å². The van der Waals surface area contributed by atoms with Crippen LogP contribution in [0.5, 0.6) is 5.75 Å². The summed E-state index contributed by atoms with van der Waals surface area (Å²) in [6.45, 7) is 1.59. The third kappa shape index (κ3) is 5.18. The van der Waals surface area contributed by atoms with Gasteiger partial charge in [0, 0.05) is 11.5 Å². The molecule has 0 radical (unpaired) electrons. The van der Waals surface area contributed by atoms with Crippen LogP contribution in [0.15, 0.2) is 18.2 Å². The third-order valence-corrected chi connectivity index (χ3v) is 4.24. The molecular weight excluding hydrogens is 274 g/mol. The summed E-state index contributed by atoms with van der Waals surface area (Å²) >= 11 is 0. The molecule has 106 valence electrons. The molecule has 2 N–H and O–H groups in total. The number of ether oxygens (including phenoxy) is 1. The van der Waals surface area contributed by atoms with Crippen molar-refractivity contribution < 1.29 is 27.6 Å². The van der Waals surface area contributed by atoms with E-state index in [-0.39, 0.29) is 29.3 Å². The van der Waals surface area contributed by atoms with E-state index < -0.39 is 22.8 Å². The predicted octanol–water partition coefficient (Wildman–Crippen LogP) is -0.291. The lowest BCUT2D eigenvalue weighted by Crippen LogP contribution is -2.32.